The maximum absolute atomic E-state index is 11.9. The first kappa shape index (κ1) is 14.3. The second-order valence-electron chi connectivity index (χ2n) is 5.52. The number of rotatable bonds is 5. The molecule has 0 bridgehead atoms. The molecule has 1 aliphatic heterocycles. The van der Waals surface area contributed by atoms with E-state index in [1.54, 1.807) is 0 Å². The molecule has 0 aliphatic carbocycles. The lowest BCUT2D eigenvalue weighted by Crippen LogP contribution is -2.40. The molecule has 0 atom stereocenters. The lowest BCUT2D eigenvalue weighted by atomic mass is 10.1. The van der Waals surface area contributed by atoms with Gasteiger partial charge in [0.25, 0.3) is 0 Å². The Kier molecular flexibility index (Phi) is 7.06. The molecule has 1 heterocycles. The molecule has 0 unspecified atom stereocenters. The smallest absolute Gasteiger partial charge is 0.317 e. The summed E-state index contributed by atoms with van der Waals surface area (Å²) >= 11 is 0. The van der Waals surface area contributed by atoms with Crippen molar-refractivity contribution in [3.8, 4) is 0 Å². The minimum Gasteiger partial charge on any atom is -0.338 e. The highest BCUT2D eigenvalue weighted by Crippen LogP contribution is 2.09. The summed E-state index contributed by atoms with van der Waals surface area (Å²) < 4.78 is 0. The molecule has 3 nitrogen and oxygen atoms in total. The van der Waals surface area contributed by atoms with Gasteiger partial charge in [0.15, 0.2) is 0 Å². The van der Waals surface area contributed by atoms with E-state index in [4.69, 9.17) is 0 Å². The molecular weight excluding hydrogens is 212 g/mol. The van der Waals surface area contributed by atoms with E-state index in [-0.39, 0.29) is 6.03 Å². The molecule has 0 saturated carbocycles. The van der Waals surface area contributed by atoms with E-state index in [1.807, 2.05) is 4.90 Å². The molecule has 0 aromatic heterocycles. The Balaban J connectivity index is 2.07. The van der Waals surface area contributed by atoms with Crippen molar-refractivity contribution in [1.82, 2.24) is 10.2 Å². The summed E-state index contributed by atoms with van der Waals surface area (Å²) in [4.78, 5) is 13.8. The average molecular weight is 240 g/mol. The van der Waals surface area contributed by atoms with E-state index in [9.17, 15) is 4.79 Å². The Morgan fingerprint density at radius 3 is 2.35 bits per heavy atom. The summed E-state index contributed by atoms with van der Waals surface area (Å²) in [6, 6.07) is 0.149. The van der Waals surface area contributed by atoms with Crippen LogP contribution in [0.5, 0.6) is 0 Å². The minimum absolute atomic E-state index is 0.149. The Morgan fingerprint density at radius 1 is 1.12 bits per heavy atom. The summed E-state index contributed by atoms with van der Waals surface area (Å²) in [5, 5.41) is 3.04. The number of hydrogen-bond acceptors (Lipinski definition) is 1. The van der Waals surface area contributed by atoms with Gasteiger partial charge in [0.05, 0.1) is 0 Å². The van der Waals surface area contributed by atoms with Crippen LogP contribution in [-0.2, 0) is 0 Å². The molecule has 0 aromatic carbocycles. The molecule has 100 valence electrons. The molecule has 17 heavy (non-hydrogen) atoms. The number of urea groups is 1. The summed E-state index contributed by atoms with van der Waals surface area (Å²) in [6.45, 7) is 7.21. The predicted molar refractivity (Wildman–Crippen MR) is 72.1 cm³/mol. The van der Waals surface area contributed by atoms with Crippen LogP contribution < -0.4 is 5.32 Å². The second kappa shape index (κ2) is 8.37. The van der Waals surface area contributed by atoms with Crippen LogP contribution in [-0.4, -0.2) is 30.6 Å². The number of likely N-dealkylation sites (tertiary alicyclic amines) is 1. The van der Waals surface area contributed by atoms with Crippen molar-refractivity contribution in [2.45, 2.75) is 58.8 Å². The van der Waals surface area contributed by atoms with Gasteiger partial charge in [-0.25, -0.2) is 4.79 Å². The highest BCUT2D eigenvalue weighted by atomic mass is 16.2. The van der Waals surface area contributed by atoms with E-state index >= 15 is 0 Å². The van der Waals surface area contributed by atoms with Gasteiger partial charge in [-0.15, -0.1) is 0 Å². The highest BCUT2D eigenvalue weighted by molar-refractivity contribution is 5.74. The number of nitrogens with zero attached hydrogens (tertiary/aromatic N) is 1. The third-order valence-corrected chi connectivity index (χ3v) is 3.38. The van der Waals surface area contributed by atoms with Gasteiger partial charge in [-0.1, -0.05) is 39.5 Å². The molecule has 1 aliphatic rings. The summed E-state index contributed by atoms with van der Waals surface area (Å²) in [5.41, 5.74) is 0. The van der Waals surface area contributed by atoms with Crippen molar-refractivity contribution in [2.24, 2.45) is 5.92 Å². The van der Waals surface area contributed by atoms with Crippen LogP contribution in [0.4, 0.5) is 4.79 Å². The van der Waals surface area contributed by atoms with Crippen LogP contribution in [0, 0.1) is 5.92 Å². The number of amides is 2. The van der Waals surface area contributed by atoms with Crippen molar-refractivity contribution in [2.75, 3.05) is 19.6 Å². The van der Waals surface area contributed by atoms with Crippen molar-refractivity contribution >= 4 is 6.03 Å². The molecule has 0 spiro atoms. The van der Waals surface area contributed by atoms with Crippen molar-refractivity contribution < 1.29 is 4.79 Å². The van der Waals surface area contributed by atoms with Gasteiger partial charge in [-0.3, -0.25) is 0 Å². The Hall–Kier alpha value is -0.730. The SMILES string of the molecule is CC(C)CCCCNC(=O)N1CCCCCC1. The van der Waals surface area contributed by atoms with E-state index in [2.05, 4.69) is 19.2 Å². The number of carbonyl (C=O) groups is 1. The average Bonchev–Trinajstić information content (AvgIpc) is 2.56. The maximum Gasteiger partial charge on any atom is 0.317 e. The zero-order valence-electron chi connectivity index (χ0n) is 11.5. The molecule has 1 saturated heterocycles. The van der Waals surface area contributed by atoms with Gasteiger partial charge in [-0.05, 0) is 25.2 Å². The topological polar surface area (TPSA) is 32.3 Å². The minimum atomic E-state index is 0.149. The van der Waals surface area contributed by atoms with Crippen molar-refractivity contribution in [3.05, 3.63) is 0 Å². The van der Waals surface area contributed by atoms with Crippen LogP contribution in [0.2, 0.25) is 0 Å². The lowest BCUT2D eigenvalue weighted by Gasteiger charge is -2.20. The van der Waals surface area contributed by atoms with Gasteiger partial charge in [0, 0.05) is 19.6 Å². The van der Waals surface area contributed by atoms with E-state index < -0.39 is 0 Å². The van der Waals surface area contributed by atoms with Crippen LogP contribution >= 0.6 is 0 Å². The quantitative estimate of drug-likeness (QED) is 0.734. The first-order valence-corrected chi connectivity index (χ1v) is 7.23. The summed E-state index contributed by atoms with van der Waals surface area (Å²) in [6.07, 6.45) is 8.48. The van der Waals surface area contributed by atoms with E-state index in [0.29, 0.717) is 0 Å². The molecule has 2 amide bonds. The number of carbonyl (C=O) groups excluding carboxylic acids is 1. The normalized spacial score (nSPS) is 17.0. The molecule has 1 N–H and O–H groups in total. The first-order chi connectivity index (χ1) is 8.20. The Morgan fingerprint density at radius 2 is 1.76 bits per heavy atom. The molecular formula is C14H28N2O. The highest BCUT2D eigenvalue weighted by Gasteiger charge is 2.14. The van der Waals surface area contributed by atoms with Gasteiger partial charge in [0.2, 0.25) is 0 Å². The van der Waals surface area contributed by atoms with Gasteiger partial charge in [-0.2, -0.15) is 0 Å². The van der Waals surface area contributed by atoms with E-state index in [1.165, 1.54) is 38.5 Å². The van der Waals surface area contributed by atoms with Crippen LogP contribution in [0.3, 0.4) is 0 Å². The fourth-order valence-electron chi connectivity index (χ4n) is 2.26. The zero-order chi connectivity index (χ0) is 12.5. The summed E-state index contributed by atoms with van der Waals surface area (Å²) in [7, 11) is 0. The van der Waals surface area contributed by atoms with Gasteiger partial charge in [0.1, 0.15) is 0 Å². The largest absolute Gasteiger partial charge is 0.338 e. The van der Waals surface area contributed by atoms with Crippen molar-refractivity contribution in [3.63, 3.8) is 0 Å². The van der Waals surface area contributed by atoms with Gasteiger partial charge < -0.3 is 10.2 Å². The molecule has 0 radical (unpaired) electrons. The maximum atomic E-state index is 11.9. The van der Waals surface area contributed by atoms with E-state index in [0.717, 1.165) is 32.0 Å². The molecule has 1 rings (SSSR count). The predicted octanol–water partition coefficient (Wildman–Crippen LogP) is 3.40. The third kappa shape index (κ3) is 6.54. The van der Waals surface area contributed by atoms with Crippen LogP contribution in [0.15, 0.2) is 0 Å². The first-order valence-electron chi connectivity index (χ1n) is 7.23. The molecule has 1 fully saturated rings. The standard InChI is InChI=1S/C14H28N2O/c1-13(2)9-5-6-10-15-14(17)16-11-7-3-4-8-12-16/h13H,3-12H2,1-2H3,(H,15,17). The second-order valence-corrected chi connectivity index (χ2v) is 5.52. The molecule has 3 heteroatoms. The summed E-state index contributed by atoms with van der Waals surface area (Å²) in [5.74, 6) is 0.774. The number of nitrogens with one attached hydrogen (secondary N) is 1. The van der Waals surface area contributed by atoms with Gasteiger partial charge >= 0.3 is 6.03 Å². The number of hydrogen-bond donors (Lipinski definition) is 1. The zero-order valence-corrected chi connectivity index (χ0v) is 11.5. The number of unbranched alkanes of at least 4 members (excludes halogenated alkanes) is 1. The Labute approximate surface area is 106 Å². The monoisotopic (exact) mass is 240 g/mol. The van der Waals surface area contributed by atoms with Crippen LogP contribution in [0.25, 0.3) is 0 Å². The third-order valence-electron chi connectivity index (χ3n) is 3.38. The van der Waals surface area contributed by atoms with Crippen molar-refractivity contribution in [1.29, 1.82) is 0 Å². The fourth-order valence-corrected chi connectivity index (χ4v) is 2.26. The molecule has 0 aromatic rings. The van der Waals surface area contributed by atoms with Crippen LogP contribution in [0.1, 0.15) is 58.8 Å². The fraction of sp³-hybridized carbons (Fsp3) is 0.929. The Bertz CT molecular complexity index is 208. The lowest BCUT2D eigenvalue weighted by molar-refractivity contribution is 0.199.